The number of halogens is 3. The van der Waals surface area contributed by atoms with Crippen LogP contribution in [0.25, 0.3) is 4.85 Å². The van der Waals surface area contributed by atoms with Gasteiger partial charge in [0.25, 0.3) is 5.69 Å². The molecule has 0 bridgehead atoms. The van der Waals surface area contributed by atoms with Gasteiger partial charge in [-0.25, -0.2) is 4.85 Å². The van der Waals surface area contributed by atoms with Crippen LogP contribution in [0.2, 0.25) is 0 Å². The molecule has 1 amide bonds. The van der Waals surface area contributed by atoms with E-state index in [1.54, 1.807) is 0 Å². The first-order valence-corrected chi connectivity index (χ1v) is 4.71. The Balaban J connectivity index is 3.32. The van der Waals surface area contributed by atoms with Gasteiger partial charge in [-0.15, -0.1) is 0 Å². The van der Waals surface area contributed by atoms with E-state index in [0.717, 1.165) is 12.1 Å². The molecule has 1 N–H and O–H groups in total. The van der Waals surface area contributed by atoms with Crippen molar-refractivity contribution >= 4 is 23.0 Å². The number of hydrogen-bond acceptors (Lipinski definition) is 3. The number of rotatable bonds is 2. The first kappa shape index (κ1) is 14.4. The third kappa shape index (κ3) is 3.19. The summed E-state index contributed by atoms with van der Waals surface area (Å²) in [6, 6.07) is 1.94. The van der Waals surface area contributed by atoms with Gasteiger partial charge in [0.05, 0.1) is 11.5 Å². The molecule has 0 heterocycles. The van der Waals surface area contributed by atoms with Crippen molar-refractivity contribution in [1.29, 1.82) is 0 Å². The molecule has 0 unspecified atom stereocenters. The van der Waals surface area contributed by atoms with Gasteiger partial charge in [0.2, 0.25) is 0 Å². The minimum Gasteiger partial charge on any atom is -0.312 e. The number of nitrogens with one attached hydrogen (secondary N) is 1. The van der Waals surface area contributed by atoms with Gasteiger partial charge in [-0.3, -0.25) is 14.9 Å². The second-order valence-corrected chi connectivity index (χ2v) is 3.48. The standard InChI is InChI=1S/C10H6F3N3O3/c1-5-3-6(14-2)4-7(16(18)19)8(5)15-9(17)10(11,12)13/h3-4H,1H3,(H,15,17). The SMILES string of the molecule is [C-]#[N+]c1cc(C)c(NC(=O)C(F)(F)F)c([N+](=O)[O-])c1. The molecular formula is C10H6F3N3O3. The Kier molecular flexibility index (Phi) is 3.75. The fraction of sp³-hybridized carbons (Fsp3) is 0.200. The highest BCUT2D eigenvalue weighted by atomic mass is 19.4. The Labute approximate surface area is 104 Å². The number of nitro groups is 1. The van der Waals surface area contributed by atoms with Crippen LogP contribution in [0.15, 0.2) is 12.1 Å². The van der Waals surface area contributed by atoms with Crippen LogP contribution in [0.3, 0.4) is 0 Å². The highest BCUT2D eigenvalue weighted by Gasteiger charge is 2.40. The summed E-state index contributed by atoms with van der Waals surface area (Å²) < 4.78 is 36.3. The summed E-state index contributed by atoms with van der Waals surface area (Å²) >= 11 is 0. The summed E-state index contributed by atoms with van der Waals surface area (Å²) in [5.74, 6) is -2.31. The van der Waals surface area contributed by atoms with Gasteiger partial charge in [-0.1, -0.05) is 6.07 Å². The molecule has 0 aliphatic rings. The minimum absolute atomic E-state index is 0.00204. The van der Waals surface area contributed by atoms with Crippen molar-refractivity contribution < 1.29 is 22.9 Å². The topological polar surface area (TPSA) is 76.6 Å². The number of hydrogen-bond donors (Lipinski definition) is 1. The number of anilines is 1. The quantitative estimate of drug-likeness (QED) is 0.511. The lowest BCUT2D eigenvalue weighted by atomic mass is 10.1. The van der Waals surface area contributed by atoms with Gasteiger partial charge in [0.15, 0.2) is 5.69 Å². The molecule has 0 saturated heterocycles. The van der Waals surface area contributed by atoms with Gasteiger partial charge in [-0.2, -0.15) is 13.2 Å². The molecule has 0 fully saturated rings. The largest absolute Gasteiger partial charge is 0.471 e. The van der Waals surface area contributed by atoms with Crippen LogP contribution in [0.4, 0.5) is 30.2 Å². The molecule has 1 aromatic carbocycles. The third-order valence-electron chi connectivity index (χ3n) is 2.12. The van der Waals surface area contributed by atoms with Gasteiger partial charge >= 0.3 is 12.1 Å². The van der Waals surface area contributed by atoms with E-state index in [4.69, 9.17) is 6.57 Å². The molecule has 0 aliphatic carbocycles. The van der Waals surface area contributed by atoms with Crippen molar-refractivity contribution in [2.24, 2.45) is 0 Å². The lowest BCUT2D eigenvalue weighted by Crippen LogP contribution is -2.30. The van der Waals surface area contributed by atoms with E-state index in [-0.39, 0.29) is 11.3 Å². The summed E-state index contributed by atoms with van der Waals surface area (Å²) in [5.41, 5.74) is -1.43. The van der Waals surface area contributed by atoms with Crippen LogP contribution in [0.5, 0.6) is 0 Å². The van der Waals surface area contributed by atoms with Crippen molar-refractivity contribution in [1.82, 2.24) is 0 Å². The van der Waals surface area contributed by atoms with Crippen LogP contribution in [0.1, 0.15) is 5.56 Å². The maximum absolute atomic E-state index is 12.1. The Morgan fingerprint density at radius 1 is 1.47 bits per heavy atom. The third-order valence-corrected chi connectivity index (χ3v) is 2.12. The van der Waals surface area contributed by atoms with Crippen molar-refractivity contribution in [3.63, 3.8) is 0 Å². The molecule has 19 heavy (non-hydrogen) atoms. The van der Waals surface area contributed by atoms with E-state index in [9.17, 15) is 28.1 Å². The molecule has 0 aromatic heterocycles. The molecule has 0 atom stereocenters. The minimum atomic E-state index is -5.15. The van der Waals surface area contributed by atoms with Crippen molar-refractivity contribution in [3.8, 4) is 0 Å². The molecule has 100 valence electrons. The molecule has 0 aliphatic heterocycles. The van der Waals surface area contributed by atoms with Gasteiger partial charge in [-0.05, 0) is 12.5 Å². The number of alkyl halides is 3. The molecule has 0 saturated carbocycles. The first-order valence-electron chi connectivity index (χ1n) is 4.71. The molecule has 0 spiro atoms. The number of amides is 1. The second-order valence-electron chi connectivity index (χ2n) is 3.48. The van der Waals surface area contributed by atoms with Gasteiger partial charge < -0.3 is 5.32 Å². The van der Waals surface area contributed by atoms with Crippen LogP contribution >= 0.6 is 0 Å². The van der Waals surface area contributed by atoms with Crippen LogP contribution in [-0.4, -0.2) is 17.0 Å². The number of aryl methyl sites for hydroxylation is 1. The number of carbonyl (C=O) groups excluding carboxylic acids is 1. The van der Waals surface area contributed by atoms with Crippen molar-refractivity contribution in [2.75, 3.05) is 5.32 Å². The number of nitrogens with zero attached hydrogens (tertiary/aromatic N) is 2. The molecule has 1 rings (SSSR count). The highest BCUT2D eigenvalue weighted by molar-refractivity contribution is 5.98. The first-order chi connectivity index (χ1) is 8.66. The normalized spacial score (nSPS) is 10.7. The monoisotopic (exact) mass is 273 g/mol. The zero-order valence-corrected chi connectivity index (χ0v) is 9.41. The summed E-state index contributed by atoms with van der Waals surface area (Å²) in [4.78, 5) is 23.5. The Bertz CT molecular complexity index is 590. The van der Waals surface area contributed by atoms with E-state index < -0.39 is 28.4 Å². The highest BCUT2D eigenvalue weighted by Crippen LogP contribution is 2.34. The fourth-order valence-electron chi connectivity index (χ4n) is 1.31. The molecule has 9 heteroatoms. The summed E-state index contributed by atoms with van der Waals surface area (Å²) in [5, 5.41) is 12.2. The van der Waals surface area contributed by atoms with E-state index >= 15 is 0 Å². The van der Waals surface area contributed by atoms with E-state index in [1.165, 1.54) is 12.2 Å². The van der Waals surface area contributed by atoms with Gasteiger partial charge in [0, 0.05) is 6.07 Å². The zero-order valence-electron chi connectivity index (χ0n) is 9.41. The molecule has 6 nitrogen and oxygen atoms in total. The van der Waals surface area contributed by atoms with Crippen LogP contribution in [-0.2, 0) is 4.79 Å². The van der Waals surface area contributed by atoms with Crippen LogP contribution < -0.4 is 5.32 Å². The molecule has 1 aromatic rings. The zero-order chi connectivity index (χ0) is 14.8. The molecule has 0 radical (unpaired) electrons. The smallest absolute Gasteiger partial charge is 0.312 e. The number of benzene rings is 1. The Morgan fingerprint density at radius 3 is 2.47 bits per heavy atom. The van der Waals surface area contributed by atoms with Crippen molar-refractivity contribution in [3.05, 3.63) is 39.2 Å². The number of carbonyl (C=O) groups is 1. The summed E-state index contributed by atoms with van der Waals surface area (Å²) in [6.45, 7) is 7.98. The lowest BCUT2D eigenvalue weighted by molar-refractivity contribution is -0.383. The summed E-state index contributed by atoms with van der Waals surface area (Å²) in [7, 11) is 0. The average molecular weight is 273 g/mol. The number of nitro benzene ring substituents is 1. The Hall–Kier alpha value is -2.63. The van der Waals surface area contributed by atoms with Crippen molar-refractivity contribution in [2.45, 2.75) is 13.1 Å². The maximum Gasteiger partial charge on any atom is 0.471 e. The molecular weight excluding hydrogens is 267 g/mol. The van der Waals surface area contributed by atoms with E-state index in [2.05, 4.69) is 4.85 Å². The predicted molar refractivity (Wildman–Crippen MR) is 58.8 cm³/mol. The van der Waals surface area contributed by atoms with Gasteiger partial charge in [0.1, 0.15) is 5.69 Å². The average Bonchev–Trinajstić information content (AvgIpc) is 2.29. The van der Waals surface area contributed by atoms with Crippen LogP contribution in [0, 0.1) is 23.6 Å². The predicted octanol–water partition coefficient (Wildman–Crippen LogP) is 2.95. The van der Waals surface area contributed by atoms with E-state index in [1.807, 2.05) is 0 Å². The maximum atomic E-state index is 12.1. The fourth-order valence-corrected chi connectivity index (χ4v) is 1.31. The second kappa shape index (κ2) is 4.93. The lowest BCUT2D eigenvalue weighted by Gasteiger charge is -2.11. The summed E-state index contributed by atoms with van der Waals surface area (Å²) in [6.07, 6.45) is -5.15. The van der Waals surface area contributed by atoms with E-state index in [0.29, 0.717) is 0 Å². The Morgan fingerprint density at radius 2 is 2.05 bits per heavy atom.